The summed E-state index contributed by atoms with van der Waals surface area (Å²) in [6.45, 7) is 6.22. The Balaban J connectivity index is 1.87. The summed E-state index contributed by atoms with van der Waals surface area (Å²) in [5, 5.41) is 0. The first-order chi connectivity index (χ1) is 9.63. The van der Waals surface area contributed by atoms with Gasteiger partial charge in [0.1, 0.15) is 0 Å². The van der Waals surface area contributed by atoms with Crippen molar-refractivity contribution in [2.75, 3.05) is 0 Å². The van der Waals surface area contributed by atoms with Gasteiger partial charge in [0.05, 0.1) is 5.41 Å². The molecule has 20 heavy (non-hydrogen) atoms. The molecule has 3 rings (SSSR count). The number of Topliss-reactive ketones (excluding diaryl/α,β-unsaturated/α-hetero) is 1. The van der Waals surface area contributed by atoms with Crippen LogP contribution in [-0.4, -0.2) is 5.78 Å². The van der Waals surface area contributed by atoms with Gasteiger partial charge in [-0.2, -0.15) is 0 Å². The molecule has 0 radical (unpaired) electrons. The van der Waals surface area contributed by atoms with Gasteiger partial charge < -0.3 is 0 Å². The Morgan fingerprint density at radius 3 is 2.20 bits per heavy atom. The Labute approximate surface area is 120 Å². The smallest absolute Gasteiger partial charge is 0.173 e. The van der Waals surface area contributed by atoms with Crippen molar-refractivity contribution in [2.45, 2.75) is 19.8 Å². The number of rotatable bonds is 3. The zero-order valence-corrected chi connectivity index (χ0v) is 11.7. The average molecular weight is 262 g/mol. The molecule has 0 saturated carbocycles. The van der Waals surface area contributed by atoms with Gasteiger partial charge in [0.15, 0.2) is 5.78 Å². The average Bonchev–Trinajstić information content (AvgIpc) is 2.69. The van der Waals surface area contributed by atoms with Crippen molar-refractivity contribution in [3.63, 3.8) is 0 Å². The molecule has 0 saturated heterocycles. The quantitative estimate of drug-likeness (QED) is 0.794. The lowest BCUT2D eigenvalue weighted by Gasteiger charge is -2.24. The Morgan fingerprint density at radius 1 is 0.950 bits per heavy atom. The molecule has 0 aromatic heterocycles. The number of hydrogen-bond donors (Lipinski definition) is 0. The Kier molecular flexibility index (Phi) is 3.06. The zero-order valence-electron chi connectivity index (χ0n) is 11.7. The molecule has 0 bridgehead atoms. The molecule has 1 aliphatic rings. The summed E-state index contributed by atoms with van der Waals surface area (Å²) in [6, 6.07) is 18.1. The van der Waals surface area contributed by atoms with Crippen LogP contribution in [0.4, 0.5) is 0 Å². The van der Waals surface area contributed by atoms with Crippen molar-refractivity contribution in [1.29, 1.82) is 0 Å². The second-order valence-corrected chi connectivity index (χ2v) is 5.67. The second-order valence-electron chi connectivity index (χ2n) is 5.67. The predicted octanol–water partition coefficient (Wildman–Crippen LogP) is 4.54. The molecule has 100 valence electrons. The molecule has 0 N–H and O–H groups in total. The fraction of sp³-hybridized carbons (Fsp3) is 0.211. The van der Waals surface area contributed by atoms with Crippen LogP contribution in [-0.2, 0) is 6.42 Å². The predicted molar refractivity (Wildman–Crippen MR) is 82.7 cm³/mol. The number of ketones is 1. The van der Waals surface area contributed by atoms with E-state index in [4.69, 9.17) is 0 Å². The monoisotopic (exact) mass is 262 g/mol. The minimum atomic E-state index is -0.459. The summed E-state index contributed by atoms with van der Waals surface area (Å²) in [5.41, 5.74) is 3.62. The highest BCUT2D eigenvalue weighted by atomic mass is 16.1. The topological polar surface area (TPSA) is 17.1 Å². The van der Waals surface area contributed by atoms with E-state index in [-0.39, 0.29) is 5.78 Å². The van der Waals surface area contributed by atoms with Crippen molar-refractivity contribution < 1.29 is 4.79 Å². The van der Waals surface area contributed by atoms with Gasteiger partial charge in [-0.25, -0.2) is 0 Å². The Bertz CT molecular complexity index is 632. The molecule has 0 amide bonds. The van der Waals surface area contributed by atoms with E-state index in [1.165, 1.54) is 5.56 Å². The Hall–Kier alpha value is -2.15. The molecule has 0 fully saturated rings. The molecule has 1 nitrogen and oxygen atoms in total. The summed E-state index contributed by atoms with van der Waals surface area (Å²) in [6.07, 6.45) is 1.71. The van der Waals surface area contributed by atoms with Crippen molar-refractivity contribution in [3.05, 3.63) is 77.9 Å². The molecule has 1 atom stereocenters. The van der Waals surface area contributed by atoms with E-state index in [0.29, 0.717) is 0 Å². The standard InChI is InChI=1S/C19H18O/c1-14-16-10-6-7-11-17(16)18(20)19(14,2)13-12-15-8-4-3-5-9-15/h3-11H,1,12-13H2,2H3. The van der Waals surface area contributed by atoms with Crippen LogP contribution >= 0.6 is 0 Å². The minimum absolute atomic E-state index is 0.217. The van der Waals surface area contributed by atoms with Gasteiger partial charge in [0, 0.05) is 5.56 Å². The molecule has 0 aliphatic heterocycles. The third-order valence-corrected chi connectivity index (χ3v) is 4.42. The van der Waals surface area contributed by atoms with Gasteiger partial charge >= 0.3 is 0 Å². The molecule has 1 unspecified atom stereocenters. The van der Waals surface area contributed by atoms with Crippen molar-refractivity contribution in [2.24, 2.45) is 5.41 Å². The molecule has 1 heteroatoms. The van der Waals surface area contributed by atoms with Gasteiger partial charge in [0.25, 0.3) is 0 Å². The van der Waals surface area contributed by atoms with E-state index in [2.05, 4.69) is 18.7 Å². The lowest BCUT2D eigenvalue weighted by molar-refractivity contribution is 0.0883. The number of allylic oxidation sites excluding steroid dienone is 1. The van der Waals surface area contributed by atoms with Gasteiger partial charge in [-0.3, -0.25) is 4.79 Å². The molecular weight excluding hydrogens is 244 g/mol. The highest BCUT2D eigenvalue weighted by Crippen LogP contribution is 2.47. The van der Waals surface area contributed by atoms with Crippen LogP contribution in [0.15, 0.2) is 61.2 Å². The first kappa shape index (κ1) is 12.9. The normalized spacial score (nSPS) is 21.1. The molecule has 2 aromatic carbocycles. The van der Waals surface area contributed by atoms with Gasteiger partial charge in [-0.1, -0.05) is 61.2 Å². The van der Waals surface area contributed by atoms with Crippen LogP contribution in [0.2, 0.25) is 0 Å². The van der Waals surface area contributed by atoms with Crippen molar-refractivity contribution in [1.82, 2.24) is 0 Å². The van der Waals surface area contributed by atoms with E-state index >= 15 is 0 Å². The van der Waals surface area contributed by atoms with E-state index in [1.807, 2.05) is 49.4 Å². The number of hydrogen-bond acceptors (Lipinski definition) is 1. The maximum atomic E-state index is 12.7. The summed E-state index contributed by atoms with van der Waals surface area (Å²) in [4.78, 5) is 12.7. The van der Waals surface area contributed by atoms with Gasteiger partial charge in [0.2, 0.25) is 0 Å². The lowest BCUT2D eigenvalue weighted by Crippen LogP contribution is -2.23. The minimum Gasteiger partial charge on any atom is -0.293 e. The van der Waals surface area contributed by atoms with Crippen LogP contribution in [0.5, 0.6) is 0 Å². The SMILES string of the molecule is C=C1c2ccccc2C(=O)C1(C)CCc1ccccc1. The number of fused-ring (bicyclic) bond motifs is 1. The molecule has 0 heterocycles. The number of carbonyl (C=O) groups excluding carboxylic acids is 1. The van der Waals surface area contributed by atoms with E-state index in [1.54, 1.807) is 0 Å². The number of carbonyl (C=O) groups is 1. The van der Waals surface area contributed by atoms with Gasteiger partial charge in [-0.05, 0) is 36.5 Å². The third-order valence-electron chi connectivity index (χ3n) is 4.42. The Morgan fingerprint density at radius 2 is 1.55 bits per heavy atom. The highest BCUT2D eigenvalue weighted by Gasteiger charge is 2.43. The molecule has 2 aromatic rings. The van der Waals surface area contributed by atoms with Crippen LogP contribution in [0.1, 0.15) is 34.8 Å². The fourth-order valence-corrected chi connectivity index (χ4v) is 2.98. The first-order valence-electron chi connectivity index (χ1n) is 7.00. The van der Waals surface area contributed by atoms with E-state index < -0.39 is 5.41 Å². The summed E-state index contributed by atoms with van der Waals surface area (Å²) < 4.78 is 0. The molecule has 1 aliphatic carbocycles. The molecular formula is C19H18O. The summed E-state index contributed by atoms with van der Waals surface area (Å²) in [7, 11) is 0. The molecule has 0 spiro atoms. The summed E-state index contributed by atoms with van der Waals surface area (Å²) >= 11 is 0. The highest BCUT2D eigenvalue weighted by molar-refractivity contribution is 6.16. The third kappa shape index (κ3) is 1.90. The van der Waals surface area contributed by atoms with Crippen LogP contribution in [0, 0.1) is 5.41 Å². The number of aryl methyl sites for hydroxylation is 1. The zero-order chi connectivity index (χ0) is 14.2. The van der Waals surface area contributed by atoms with Crippen LogP contribution in [0.25, 0.3) is 5.57 Å². The number of benzene rings is 2. The van der Waals surface area contributed by atoms with Crippen molar-refractivity contribution in [3.8, 4) is 0 Å². The first-order valence-corrected chi connectivity index (χ1v) is 7.00. The van der Waals surface area contributed by atoms with Gasteiger partial charge in [-0.15, -0.1) is 0 Å². The van der Waals surface area contributed by atoms with E-state index in [0.717, 1.165) is 29.5 Å². The van der Waals surface area contributed by atoms with Crippen molar-refractivity contribution >= 4 is 11.4 Å². The summed E-state index contributed by atoms with van der Waals surface area (Å²) in [5.74, 6) is 0.217. The maximum Gasteiger partial charge on any atom is 0.173 e. The van der Waals surface area contributed by atoms with E-state index in [9.17, 15) is 4.79 Å². The fourth-order valence-electron chi connectivity index (χ4n) is 2.98. The largest absolute Gasteiger partial charge is 0.293 e. The van der Waals surface area contributed by atoms with Crippen LogP contribution in [0.3, 0.4) is 0 Å². The second kappa shape index (κ2) is 4.75. The lowest BCUT2D eigenvalue weighted by atomic mass is 9.77. The maximum absolute atomic E-state index is 12.7. The van der Waals surface area contributed by atoms with Crippen LogP contribution < -0.4 is 0 Å².